The molecule has 0 unspecified atom stereocenters. The normalized spacial score (nSPS) is 13.7. The first-order valence-electron chi connectivity index (χ1n) is 6.49. The third-order valence-electron chi connectivity index (χ3n) is 2.83. The van der Waals surface area contributed by atoms with Gasteiger partial charge >= 0.3 is 0 Å². The molecule has 0 aliphatic carbocycles. The van der Waals surface area contributed by atoms with Crippen LogP contribution in [0.2, 0.25) is 0 Å². The Morgan fingerprint density at radius 2 is 1.19 bits per heavy atom. The Labute approximate surface area is 123 Å². The Kier molecular flexibility index (Phi) is 4.82. The van der Waals surface area contributed by atoms with Crippen molar-refractivity contribution in [3.05, 3.63) is 60.7 Å². The van der Waals surface area contributed by atoms with E-state index in [1.807, 2.05) is 60.7 Å². The highest BCUT2D eigenvalue weighted by Crippen LogP contribution is 2.13. The second-order valence-electron chi connectivity index (χ2n) is 4.39. The zero-order valence-electron chi connectivity index (χ0n) is 11.5. The highest BCUT2D eigenvalue weighted by molar-refractivity contribution is 6.16. The molecule has 0 atom stereocenters. The summed E-state index contributed by atoms with van der Waals surface area (Å²) >= 11 is 0. The summed E-state index contributed by atoms with van der Waals surface area (Å²) in [4.78, 5) is 8.55. The van der Waals surface area contributed by atoms with Crippen LogP contribution in [0, 0.1) is 11.3 Å². The summed E-state index contributed by atoms with van der Waals surface area (Å²) in [6.45, 7) is 0. The predicted molar refractivity (Wildman–Crippen MR) is 87.7 cm³/mol. The number of nitrogens with two attached hydrogens (primary N) is 2. The highest BCUT2D eigenvalue weighted by atomic mass is 14.9. The third kappa shape index (κ3) is 4.01. The number of rotatable bonds is 5. The molecule has 5 heteroatoms. The molecule has 5 nitrogen and oxygen atoms in total. The van der Waals surface area contributed by atoms with Crippen molar-refractivity contribution >= 4 is 29.3 Å². The molecule has 0 saturated heterocycles. The van der Waals surface area contributed by atoms with Crippen LogP contribution < -0.4 is 11.5 Å². The highest BCUT2D eigenvalue weighted by Gasteiger charge is 2.15. The number of aliphatic imine (C=N–C) groups is 2. The molecule has 0 radical (unpaired) electrons. The van der Waals surface area contributed by atoms with Crippen molar-refractivity contribution in [2.45, 2.75) is 0 Å². The minimum Gasteiger partial charge on any atom is -0.386 e. The Morgan fingerprint density at radius 3 is 1.52 bits per heavy atom. The Morgan fingerprint density at radius 1 is 0.810 bits per heavy atom. The van der Waals surface area contributed by atoms with Gasteiger partial charge in [-0.2, -0.15) is 0 Å². The maximum atomic E-state index is 7.51. The Bertz CT molecular complexity index is 591. The van der Waals surface area contributed by atoms with Gasteiger partial charge in [0.05, 0.1) is 11.4 Å². The third-order valence-corrected chi connectivity index (χ3v) is 2.83. The molecule has 0 bridgehead atoms. The van der Waals surface area contributed by atoms with E-state index in [0.717, 1.165) is 17.6 Å². The Hall–Kier alpha value is -2.95. The quantitative estimate of drug-likeness (QED) is 0.579. The first-order chi connectivity index (χ1) is 10.2. The van der Waals surface area contributed by atoms with Crippen LogP contribution in [0.4, 0.5) is 11.4 Å². The molecule has 0 amide bonds. The second-order valence-corrected chi connectivity index (χ2v) is 4.39. The molecular formula is C16H17N5. The van der Waals surface area contributed by atoms with Crippen LogP contribution in [0.1, 0.15) is 0 Å². The summed E-state index contributed by atoms with van der Waals surface area (Å²) < 4.78 is 0. The van der Waals surface area contributed by atoms with Gasteiger partial charge in [0, 0.05) is 6.21 Å². The van der Waals surface area contributed by atoms with Crippen molar-refractivity contribution in [3.63, 3.8) is 0 Å². The number of nitrogens with one attached hydrogen (secondary N) is 1. The summed E-state index contributed by atoms with van der Waals surface area (Å²) in [5.41, 5.74) is 13.3. The van der Waals surface area contributed by atoms with Crippen molar-refractivity contribution in [1.29, 1.82) is 5.41 Å². The number of hydrogen-bond donors (Lipinski definition) is 3. The first kappa shape index (κ1) is 14.5. The van der Waals surface area contributed by atoms with Crippen LogP contribution in [0.3, 0.4) is 0 Å². The molecule has 0 aliphatic heterocycles. The van der Waals surface area contributed by atoms with Gasteiger partial charge in [0.15, 0.2) is 0 Å². The lowest BCUT2D eigenvalue weighted by Crippen LogP contribution is -2.36. The number of nitrogens with zero attached hydrogens (tertiary/aromatic N) is 2. The van der Waals surface area contributed by atoms with Crippen molar-refractivity contribution in [2.75, 3.05) is 0 Å². The molecule has 0 aliphatic rings. The van der Waals surface area contributed by atoms with Crippen molar-refractivity contribution in [3.8, 4) is 0 Å². The van der Waals surface area contributed by atoms with Crippen LogP contribution in [0.15, 0.2) is 70.6 Å². The lowest BCUT2D eigenvalue weighted by atomic mass is 10.1. The van der Waals surface area contributed by atoms with E-state index in [1.54, 1.807) is 0 Å². The summed E-state index contributed by atoms with van der Waals surface area (Å²) in [6, 6.07) is 18.6. The topological polar surface area (TPSA) is 101 Å². The van der Waals surface area contributed by atoms with Gasteiger partial charge in [-0.25, -0.2) is 9.98 Å². The largest absolute Gasteiger partial charge is 0.386 e. The van der Waals surface area contributed by atoms with Gasteiger partial charge in [-0.3, -0.25) is 0 Å². The molecule has 21 heavy (non-hydrogen) atoms. The van der Waals surface area contributed by atoms with Crippen LogP contribution in [0.25, 0.3) is 0 Å². The smallest absolute Gasteiger partial charge is 0.116 e. The van der Waals surface area contributed by atoms with E-state index in [4.69, 9.17) is 16.9 Å². The van der Waals surface area contributed by atoms with Gasteiger partial charge in [0.25, 0.3) is 0 Å². The number of benzene rings is 2. The van der Waals surface area contributed by atoms with Crippen LogP contribution in [-0.2, 0) is 0 Å². The van der Waals surface area contributed by atoms with Gasteiger partial charge in [-0.15, -0.1) is 0 Å². The fourth-order valence-electron chi connectivity index (χ4n) is 1.76. The molecule has 2 aromatic rings. The second kappa shape index (κ2) is 7.00. The van der Waals surface area contributed by atoms with E-state index in [2.05, 4.69) is 9.98 Å². The zero-order chi connectivity index (χ0) is 15.1. The van der Waals surface area contributed by atoms with Gasteiger partial charge in [-0.1, -0.05) is 36.4 Å². The molecule has 2 aromatic carbocycles. The molecule has 0 spiro atoms. The summed E-state index contributed by atoms with van der Waals surface area (Å²) in [5, 5.41) is 7.51. The fourth-order valence-corrected chi connectivity index (χ4v) is 1.76. The number of para-hydroxylation sites is 2. The van der Waals surface area contributed by atoms with E-state index in [9.17, 15) is 0 Å². The average Bonchev–Trinajstić information content (AvgIpc) is 2.50. The maximum absolute atomic E-state index is 7.51. The fraction of sp³-hybridized carbons (Fsp3) is 0.0625. The first-order valence-corrected chi connectivity index (χ1v) is 6.49. The SMILES string of the molecule is N=CC(C(N)=Nc1ccccc1)C(N)=Nc1ccccc1. The molecule has 0 saturated carbocycles. The van der Waals surface area contributed by atoms with Crippen LogP contribution >= 0.6 is 0 Å². The zero-order valence-corrected chi connectivity index (χ0v) is 11.5. The predicted octanol–water partition coefficient (Wildman–Crippen LogP) is 2.63. The van der Waals surface area contributed by atoms with E-state index in [-0.39, 0.29) is 11.7 Å². The molecule has 0 aromatic heterocycles. The van der Waals surface area contributed by atoms with Gasteiger partial charge in [0.2, 0.25) is 0 Å². The van der Waals surface area contributed by atoms with E-state index in [0.29, 0.717) is 0 Å². The van der Waals surface area contributed by atoms with Crippen LogP contribution in [0.5, 0.6) is 0 Å². The lowest BCUT2D eigenvalue weighted by molar-refractivity contribution is 1.19. The number of amidine groups is 2. The van der Waals surface area contributed by atoms with Crippen molar-refractivity contribution in [1.82, 2.24) is 0 Å². The summed E-state index contributed by atoms with van der Waals surface area (Å²) in [6.07, 6.45) is 1.14. The van der Waals surface area contributed by atoms with Gasteiger partial charge in [0.1, 0.15) is 17.6 Å². The molecule has 106 valence electrons. The molecular weight excluding hydrogens is 262 g/mol. The summed E-state index contributed by atoms with van der Waals surface area (Å²) in [5.74, 6) is -0.132. The van der Waals surface area contributed by atoms with E-state index >= 15 is 0 Å². The standard InChI is InChI=1S/C16H17N5/c17-11-14(15(18)20-12-7-3-1-4-8-12)16(19)21-13-9-5-2-6-10-13/h1-11,14,17H,(H2,18,20)(H2,19,21). The minimum absolute atomic E-state index is 0.244. The number of hydrogen-bond acceptors (Lipinski definition) is 3. The molecule has 2 rings (SSSR count). The van der Waals surface area contributed by atoms with E-state index < -0.39 is 5.92 Å². The molecule has 0 heterocycles. The maximum Gasteiger partial charge on any atom is 0.116 e. The monoisotopic (exact) mass is 279 g/mol. The van der Waals surface area contributed by atoms with Crippen LogP contribution in [-0.4, -0.2) is 17.9 Å². The molecule has 0 fully saturated rings. The van der Waals surface area contributed by atoms with Gasteiger partial charge < -0.3 is 16.9 Å². The lowest BCUT2D eigenvalue weighted by Gasteiger charge is -2.11. The van der Waals surface area contributed by atoms with Gasteiger partial charge in [-0.05, 0) is 24.3 Å². The van der Waals surface area contributed by atoms with Crippen molar-refractivity contribution in [2.24, 2.45) is 27.4 Å². The Balaban J connectivity index is 2.25. The summed E-state index contributed by atoms with van der Waals surface area (Å²) in [7, 11) is 0. The minimum atomic E-state index is -0.620. The van der Waals surface area contributed by atoms with Crippen molar-refractivity contribution < 1.29 is 0 Å². The average molecular weight is 279 g/mol. The molecule has 5 N–H and O–H groups in total. The van der Waals surface area contributed by atoms with E-state index in [1.165, 1.54) is 0 Å².